The van der Waals surface area contributed by atoms with Crippen LogP contribution in [0.15, 0.2) is 187 Å². The summed E-state index contributed by atoms with van der Waals surface area (Å²) < 4.78 is 2.49. The van der Waals surface area contributed by atoms with Crippen LogP contribution in [0.4, 0.5) is 11.4 Å². The van der Waals surface area contributed by atoms with Gasteiger partial charge in [0.25, 0.3) is 0 Å². The van der Waals surface area contributed by atoms with Crippen molar-refractivity contribution < 1.29 is 0 Å². The largest absolute Gasteiger partial charge is 0.355 e. The summed E-state index contributed by atoms with van der Waals surface area (Å²) in [4.78, 5) is 0.997. The van der Waals surface area contributed by atoms with Crippen LogP contribution in [-0.4, -0.2) is 4.57 Å². The quantitative estimate of drug-likeness (QED) is 0.156. The zero-order valence-electron chi connectivity index (χ0n) is 31.4. The van der Waals surface area contributed by atoms with E-state index in [0.29, 0.717) is 5.92 Å². The Morgan fingerprint density at radius 3 is 2.30 bits per heavy atom. The second-order valence-electron chi connectivity index (χ2n) is 15.1. The highest BCUT2D eigenvalue weighted by Crippen LogP contribution is 2.45. The zero-order chi connectivity index (χ0) is 37.6. The number of rotatable bonds is 7. The lowest BCUT2D eigenvalue weighted by molar-refractivity contribution is 0.669. The van der Waals surface area contributed by atoms with Crippen LogP contribution in [-0.2, 0) is 0 Å². The molecule has 10 rings (SSSR count). The van der Waals surface area contributed by atoms with Crippen LogP contribution in [0.3, 0.4) is 0 Å². The predicted octanol–water partition coefficient (Wildman–Crippen LogP) is 14.8. The summed E-state index contributed by atoms with van der Waals surface area (Å²) in [5.74, 6) is 0.556. The van der Waals surface area contributed by atoms with Gasteiger partial charge in [0.05, 0.1) is 16.7 Å². The number of benzene rings is 7. The van der Waals surface area contributed by atoms with Crippen LogP contribution in [0.2, 0.25) is 0 Å². The van der Waals surface area contributed by atoms with E-state index in [0.717, 1.165) is 34.7 Å². The number of thiol groups is 1. The molecule has 3 heteroatoms. The molecular weight excluding hydrogens is 697 g/mol. The van der Waals surface area contributed by atoms with Gasteiger partial charge in [-0.15, -0.1) is 12.6 Å². The molecule has 2 aliphatic rings. The van der Waals surface area contributed by atoms with Gasteiger partial charge in [-0.1, -0.05) is 153 Å². The van der Waals surface area contributed by atoms with Crippen molar-refractivity contribution in [1.29, 1.82) is 0 Å². The molecule has 0 radical (unpaired) electrons. The highest BCUT2D eigenvalue weighted by Gasteiger charge is 2.27. The Bertz CT molecular complexity index is 2870. The van der Waals surface area contributed by atoms with Gasteiger partial charge in [-0.05, 0) is 100 Å². The van der Waals surface area contributed by atoms with Crippen molar-refractivity contribution in [1.82, 2.24) is 4.57 Å². The first-order chi connectivity index (χ1) is 27.6. The maximum atomic E-state index is 4.77. The van der Waals surface area contributed by atoms with E-state index < -0.39 is 0 Å². The van der Waals surface area contributed by atoms with Gasteiger partial charge in [-0.3, -0.25) is 0 Å². The molecule has 1 heterocycles. The Morgan fingerprint density at radius 1 is 0.643 bits per heavy atom. The number of hydrogen-bond acceptors (Lipinski definition) is 2. The number of nitrogens with one attached hydrogen (secondary N) is 1. The Morgan fingerprint density at radius 2 is 1.43 bits per heavy atom. The average molecular weight is 739 g/mol. The lowest BCUT2D eigenvalue weighted by Crippen LogP contribution is -2.13. The standard InChI is InChI=1S/C53H42N2S/c1-35-42(39-16-12-17-40(32-39)45-20-9-11-25-53(45)56)30-31-47-43(35)22-13-24-51(47)55-50-23-10-8-21-46(50)48-29-27-38(34-52(48)55)37-26-28-44(36-14-4-2-5-15-36)49(33-37)54-41-18-6-3-7-19-41/h2-4,6-14,16-35,42,54,56H,5,15H2,1H3. The molecule has 0 fully saturated rings. The van der Waals surface area contributed by atoms with Gasteiger partial charge in [0, 0.05) is 44.1 Å². The summed E-state index contributed by atoms with van der Waals surface area (Å²) in [5, 5.41) is 6.28. The van der Waals surface area contributed by atoms with Crippen molar-refractivity contribution in [2.75, 3.05) is 5.32 Å². The van der Waals surface area contributed by atoms with Crippen LogP contribution in [0.5, 0.6) is 0 Å². The van der Waals surface area contributed by atoms with Crippen LogP contribution < -0.4 is 5.32 Å². The first kappa shape index (κ1) is 34.2. The van der Waals surface area contributed by atoms with Crippen LogP contribution in [0.1, 0.15) is 53.9 Å². The van der Waals surface area contributed by atoms with E-state index in [1.165, 1.54) is 72.0 Å². The molecule has 0 saturated carbocycles. The lowest BCUT2D eigenvalue weighted by Gasteiger charge is -2.29. The third-order valence-electron chi connectivity index (χ3n) is 11.8. The molecule has 0 saturated heterocycles. The summed E-state index contributed by atoms with van der Waals surface area (Å²) in [5.41, 5.74) is 17.2. The van der Waals surface area contributed by atoms with Crippen molar-refractivity contribution in [3.63, 3.8) is 0 Å². The summed E-state index contributed by atoms with van der Waals surface area (Å²) in [6.07, 6.45) is 13.6. The monoisotopic (exact) mass is 738 g/mol. The van der Waals surface area contributed by atoms with E-state index in [9.17, 15) is 0 Å². The fraction of sp³-hybridized carbons (Fsp3) is 0.0943. The SMILES string of the molecule is CC1c2cccc(-n3c4ccccc4c4ccc(-c5ccc(C6=CC=CCC6)c(Nc6ccccc6)c5)cc43)c2C=CC1c1cccc(-c2ccccc2S)c1. The number of allylic oxidation sites excluding steroid dienone is 5. The van der Waals surface area contributed by atoms with E-state index >= 15 is 0 Å². The smallest absolute Gasteiger partial charge is 0.0547 e. The first-order valence-corrected chi connectivity index (χ1v) is 20.1. The van der Waals surface area contributed by atoms with Gasteiger partial charge in [0.1, 0.15) is 0 Å². The minimum Gasteiger partial charge on any atom is -0.355 e. The van der Waals surface area contributed by atoms with Gasteiger partial charge in [-0.2, -0.15) is 0 Å². The molecule has 2 nitrogen and oxygen atoms in total. The predicted molar refractivity (Wildman–Crippen MR) is 242 cm³/mol. The maximum Gasteiger partial charge on any atom is 0.0547 e. The van der Waals surface area contributed by atoms with Crippen LogP contribution in [0, 0.1) is 0 Å². The summed E-state index contributed by atoms with van der Waals surface area (Å²) >= 11 is 4.77. The molecule has 1 N–H and O–H groups in total. The van der Waals surface area contributed by atoms with Crippen molar-refractivity contribution >= 4 is 57.5 Å². The highest BCUT2D eigenvalue weighted by atomic mass is 32.1. The second kappa shape index (κ2) is 14.4. The Kier molecular flexibility index (Phi) is 8.81. The number of hydrogen-bond donors (Lipinski definition) is 2. The van der Waals surface area contributed by atoms with Gasteiger partial charge in [0.15, 0.2) is 0 Å². The Hall–Kier alpha value is -6.29. The molecule has 2 atom stereocenters. The van der Waals surface area contributed by atoms with E-state index in [4.69, 9.17) is 12.6 Å². The summed E-state index contributed by atoms with van der Waals surface area (Å²) in [6.45, 7) is 2.38. The van der Waals surface area contributed by atoms with Crippen LogP contribution in [0.25, 0.3) is 61.4 Å². The zero-order valence-corrected chi connectivity index (χ0v) is 32.3. The number of fused-ring (bicyclic) bond motifs is 4. The maximum absolute atomic E-state index is 4.77. The third kappa shape index (κ3) is 6.09. The minimum absolute atomic E-state index is 0.261. The first-order valence-electron chi connectivity index (χ1n) is 19.7. The van der Waals surface area contributed by atoms with E-state index in [-0.39, 0.29) is 5.92 Å². The molecule has 56 heavy (non-hydrogen) atoms. The topological polar surface area (TPSA) is 17.0 Å². The Labute approximate surface area is 334 Å². The normalized spacial score (nSPS) is 16.2. The second-order valence-corrected chi connectivity index (χ2v) is 15.6. The summed E-state index contributed by atoms with van der Waals surface area (Å²) in [7, 11) is 0. The number of aromatic nitrogens is 1. The third-order valence-corrected chi connectivity index (χ3v) is 12.2. The average Bonchev–Trinajstić information content (AvgIpc) is 3.58. The van der Waals surface area contributed by atoms with Crippen molar-refractivity contribution in [3.05, 3.63) is 204 Å². The van der Waals surface area contributed by atoms with E-state index in [1.54, 1.807) is 0 Å². The molecule has 0 amide bonds. The fourth-order valence-electron chi connectivity index (χ4n) is 8.96. The molecule has 8 aromatic rings. The lowest BCUT2D eigenvalue weighted by atomic mass is 9.76. The molecule has 2 unspecified atom stereocenters. The van der Waals surface area contributed by atoms with E-state index in [1.807, 2.05) is 6.07 Å². The molecular formula is C53H42N2S. The Balaban J connectivity index is 1.08. The number of nitrogens with zero attached hydrogens (tertiary/aromatic N) is 1. The van der Waals surface area contributed by atoms with Gasteiger partial charge < -0.3 is 9.88 Å². The number of para-hydroxylation sites is 2. The molecule has 2 aliphatic carbocycles. The van der Waals surface area contributed by atoms with E-state index in [2.05, 4.69) is 199 Å². The number of anilines is 2. The fourth-order valence-corrected chi connectivity index (χ4v) is 9.25. The molecule has 1 aromatic heterocycles. The van der Waals surface area contributed by atoms with Crippen LogP contribution >= 0.6 is 12.6 Å². The van der Waals surface area contributed by atoms with Gasteiger partial charge >= 0.3 is 0 Å². The molecule has 0 aliphatic heterocycles. The van der Waals surface area contributed by atoms with Crippen molar-refractivity contribution in [2.45, 2.75) is 36.5 Å². The highest BCUT2D eigenvalue weighted by molar-refractivity contribution is 7.80. The molecule has 270 valence electrons. The van der Waals surface area contributed by atoms with Crippen molar-refractivity contribution in [3.8, 4) is 27.9 Å². The molecule has 0 bridgehead atoms. The minimum atomic E-state index is 0.261. The summed E-state index contributed by atoms with van der Waals surface area (Å²) in [6, 6.07) is 57.5. The molecule has 0 spiro atoms. The van der Waals surface area contributed by atoms with Crippen molar-refractivity contribution in [2.24, 2.45) is 0 Å². The van der Waals surface area contributed by atoms with Gasteiger partial charge in [-0.25, -0.2) is 0 Å². The van der Waals surface area contributed by atoms with Gasteiger partial charge in [0.2, 0.25) is 0 Å². The molecule has 7 aromatic carbocycles.